The number of sulfone groups is 1. The van der Waals surface area contributed by atoms with Gasteiger partial charge in [0.1, 0.15) is 11.9 Å². The van der Waals surface area contributed by atoms with Crippen LogP contribution in [0.5, 0.6) is 5.75 Å². The Morgan fingerprint density at radius 2 is 1.90 bits per heavy atom. The number of esters is 1. The topological polar surface area (TPSA) is 69.7 Å². The number of fused-ring (bicyclic) bond motifs is 1. The summed E-state index contributed by atoms with van der Waals surface area (Å²) in [5.74, 6) is -0.139. The van der Waals surface area contributed by atoms with E-state index >= 15 is 0 Å². The Labute approximate surface area is 173 Å². The molecule has 3 rings (SSSR count). The van der Waals surface area contributed by atoms with E-state index in [-0.39, 0.29) is 24.0 Å². The molecular formula is C23H28O5S. The van der Waals surface area contributed by atoms with Gasteiger partial charge in [0.25, 0.3) is 0 Å². The largest absolute Gasteiger partial charge is 0.486 e. The molecule has 0 amide bonds. The van der Waals surface area contributed by atoms with Crippen molar-refractivity contribution in [3.63, 3.8) is 0 Å². The Kier molecular flexibility index (Phi) is 6.63. The summed E-state index contributed by atoms with van der Waals surface area (Å²) in [6, 6.07) is 13.7. The van der Waals surface area contributed by atoms with Crippen LogP contribution in [-0.2, 0) is 25.8 Å². The quantitative estimate of drug-likeness (QED) is 0.605. The van der Waals surface area contributed by atoms with Crippen molar-refractivity contribution in [1.82, 2.24) is 0 Å². The van der Waals surface area contributed by atoms with Gasteiger partial charge in [0, 0.05) is 11.7 Å². The van der Waals surface area contributed by atoms with E-state index in [2.05, 4.69) is 25.1 Å². The van der Waals surface area contributed by atoms with Gasteiger partial charge in [0.15, 0.2) is 9.84 Å². The van der Waals surface area contributed by atoms with Gasteiger partial charge in [-0.1, -0.05) is 37.3 Å². The van der Waals surface area contributed by atoms with E-state index in [0.717, 1.165) is 24.2 Å². The molecular weight excluding hydrogens is 388 g/mol. The third kappa shape index (κ3) is 5.18. The van der Waals surface area contributed by atoms with Crippen molar-refractivity contribution in [1.29, 1.82) is 0 Å². The maximum atomic E-state index is 12.1. The van der Waals surface area contributed by atoms with Gasteiger partial charge in [0.2, 0.25) is 0 Å². The van der Waals surface area contributed by atoms with Crippen LogP contribution in [-0.4, -0.2) is 33.0 Å². The first-order valence-electron chi connectivity index (χ1n) is 9.95. The Balaban J connectivity index is 1.76. The summed E-state index contributed by atoms with van der Waals surface area (Å²) in [4.78, 5) is 11.8. The third-order valence-electron chi connectivity index (χ3n) is 5.62. The molecule has 1 aliphatic carbocycles. The molecule has 0 heterocycles. The second kappa shape index (κ2) is 8.99. The van der Waals surface area contributed by atoms with Crippen molar-refractivity contribution in [2.45, 2.75) is 45.1 Å². The fourth-order valence-corrected chi connectivity index (χ4v) is 5.05. The molecule has 1 aliphatic rings. The van der Waals surface area contributed by atoms with Gasteiger partial charge in [0.05, 0.1) is 19.3 Å². The van der Waals surface area contributed by atoms with E-state index in [1.807, 2.05) is 24.3 Å². The molecule has 0 saturated carbocycles. The number of carbonyl (C=O) groups excluding carboxylic acids is 1. The summed E-state index contributed by atoms with van der Waals surface area (Å²) in [6.07, 6.45) is 2.02. The Bertz CT molecular complexity index is 963. The maximum absolute atomic E-state index is 12.1. The lowest BCUT2D eigenvalue weighted by Crippen LogP contribution is -2.19. The lowest BCUT2D eigenvalue weighted by atomic mass is 9.97. The molecule has 2 atom stereocenters. The molecule has 0 aliphatic heterocycles. The predicted molar refractivity (Wildman–Crippen MR) is 113 cm³/mol. The monoisotopic (exact) mass is 416 g/mol. The number of hydrogen-bond donors (Lipinski definition) is 0. The fraction of sp³-hybridized carbons (Fsp3) is 0.435. The number of carbonyl (C=O) groups is 1. The normalized spacial score (nSPS) is 16.9. The van der Waals surface area contributed by atoms with Crippen molar-refractivity contribution in [2.75, 3.05) is 18.6 Å². The van der Waals surface area contributed by atoms with Crippen LogP contribution in [0.2, 0.25) is 0 Å². The second-order valence-electron chi connectivity index (χ2n) is 7.53. The number of benzene rings is 2. The molecule has 1 unspecified atom stereocenters. The molecule has 29 heavy (non-hydrogen) atoms. The number of rotatable bonds is 8. The molecule has 0 N–H and O–H groups in total. The van der Waals surface area contributed by atoms with E-state index in [9.17, 15) is 13.2 Å². The van der Waals surface area contributed by atoms with Crippen molar-refractivity contribution in [3.8, 4) is 5.75 Å². The van der Waals surface area contributed by atoms with Crippen LogP contribution >= 0.6 is 0 Å². The first-order chi connectivity index (χ1) is 13.8. The predicted octanol–water partition coefficient (Wildman–Crippen LogP) is 4.14. The van der Waals surface area contributed by atoms with Crippen molar-refractivity contribution in [2.24, 2.45) is 0 Å². The lowest BCUT2D eigenvalue weighted by Gasteiger charge is -2.18. The highest BCUT2D eigenvalue weighted by Crippen LogP contribution is 2.37. The smallest absolute Gasteiger partial charge is 0.306 e. The minimum atomic E-state index is -3.23. The highest BCUT2D eigenvalue weighted by molar-refractivity contribution is 7.91. The Morgan fingerprint density at radius 3 is 2.55 bits per heavy atom. The van der Waals surface area contributed by atoms with Crippen LogP contribution in [0, 0.1) is 6.92 Å². The summed E-state index contributed by atoms with van der Waals surface area (Å²) in [5, 5.41) is 0. The van der Waals surface area contributed by atoms with Gasteiger partial charge in [-0.05, 0) is 54.2 Å². The standard InChI is InChI=1S/C23H28O5S/c1-4-29(25,26)15-18(14-23(24)27-3)17-8-10-19(11-9-17)28-22-13-12-20-16(2)6-5-7-21(20)22/h5-11,18,22H,4,12-15H2,1-3H3/t18?,22-/m1/s1. The molecule has 2 aromatic carbocycles. The first-order valence-corrected chi connectivity index (χ1v) is 11.8. The molecule has 0 spiro atoms. The first kappa shape index (κ1) is 21.4. The molecule has 156 valence electrons. The van der Waals surface area contributed by atoms with E-state index in [4.69, 9.17) is 9.47 Å². The summed E-state index contributed by atoms with van der Waals surface area (Å²) in [6.45, 7) is 3.74. The van der Waals surface area contributed by atoms with Crippen LogP contribution in [0.15, 0.2) is 42.5 Å². The average Bonchev–Trinajstić information content (AvgIpc) is 3.12. The molecule has 5 nitrogen and oxygen atoms in total. The van der Waals surface area contributed by atoms with E-state index < -0.39 is 21.7 Å². The minimum Gasteiger partial charge on any atom is -0.486 e. The van der Waals surface area contributed by atoms with Crippen LogP contribution in [0.25, 0.3) is 0 Å². The number of aryl methyl sites for hydroxylation is 1. The van der Waals surface area contributed by atoms with Gasteiger partial charge in [-0.25, -0.2) is 8.42 Å². The van der Waals surface area contributed by atoms with Crippen LogP contribution < -0.4 is 4.74 Å². The second-order valence-corrected chi connectivity index (χ2v) is 9.93. The zero-order valence-electron chi connectivity index (χ0n) is 17.2. The zero-order chi connectivity index (χ0) is 21.0. The third-order valence-corrected chi connectivity index (χ3v) is 7.41. The van der Waals surface area contributed by atoms with E-state index in [0.29, 0.717) is 0 Å². The van der Waals surface area contributed by atoms with Crippen molar-refractivity contribution in [3.05, 3.63) is 64.7 Å². The van der Waals surface area contributed by atoms with Crippen LogP contribution in [0.3, 0.4) is 0 Å². The molecule has 0 saturated heterocycles. The lowest BCUT2D eigenvalue weighted by molar-refractivity contribution is -0.140. The summed E-state index contributed by atoms with van der Waals surface area (Å²) >= 11 is 0. The molecule has 0 fully saturated rings. The maximum Gasteiger partial charge on any atom is 0.306 e. The molecule has 6 heteroatoms. The summed E-state index contributed by atoms with van der Waals surface area (Å²) in [7, 11) is -1.91. The fourth-order valence-electron chi connectivity index (χ4n) is 3.89. The molecule has 0 bridgehead atoms. The van der Waals surface area contributed by atoms with Crippen LogP contribution in [0.1, 0.15) is 54.0 Å². The zero-order valence-corrected chi connectivity index (χ0v) is 18.0. The van der Waals surface area contributed by atoms with Gasteiger partial charge in [-0.2, -0.15) is 0 Å². The Hall–Kier alpha value is -2.34. The summed E-state index contributed by atoms with van der Waals surface area (Å²) < 4.78 is 35.2. The molecule has 0 radical (unpaired) electrons. The average molecular weight is 417 g/mol. The van der Waals surface area contributed by atoms with E-state index in [1.54, 1.807) is 6.92 Å². The summed E-state index contributed by atoms with van der Waals surface area (Å²) in [5.41, 5.74) is 4.71. The highest BCUT2D eigenvalue weighted by atomic mass is 32.2. The SMILES string of the molecule is CCS(=O)(=O)CC(CC(=O)OC)c1ccc(O[C@@H]2CCc3c(C)cccc32)cc1. The molecule has 0 aromatic heterocycles. The Morgan fingerprint density at radius 1 is 1.17 bits per heavy atom. The van der Waals surface area contributed by atoms with Gasteiger partial charge >= 0.3 is 5.97 Å². The van der Waals surface area contributed by atoms with Crippen LogP contribution in [0.4, 0.5) is 0 Å². The van der Waals surface area contributed by atoms with Crippen molar-refractivity contribution < 1.29 is 22.7 Å². The van der Waals surface area contributed by atoms with Crippen molar-refractivity contribution >= 4 is 15.8 Å². The molecule has 2 aromatic rings. The van der Waals surface area contributed by atoms with Gasteiger partial charge in [-0.15, -0.1) is 0 Å². The van der Waals surface area contributed by atoms with E-state index in [1.165, 1.54) is 23.8 Å². The minimum absolute atomic E-state index is 0.0297. The van der Waals surface area contributed by atoms with Gasteiger partial charge < -0.3 is 9.47 Å². The number of ether oxygens (including phenoxy) is 2. The number of methoxy groups -OCH3 is 1. The highest BCUT2D eigenvalue weighted by Gasteiger charge is 2.26. The van der Waals surface area contributed by atoms with Gasteiger partial charge in [-0.3, -0.25) is 4.79 Å². The number of hydrogen-bond acceptors (Lipinski definition) is 5.